The van der Waals surface area contributed by atoms with E-state index in [0.717, 1.165) is 35.1 Å². The highest BCUT2D eigenvalue weighted by molar-refractivity contribution is 5.95. The van der Waals surface area contributed by atoms with Crippen molar-refractivity contribution < 1.29 is 24.6 Å². The second kappa shape index (κ2) is 13.5. The van der Waals surface area contributed by atoms with E-state index in [1.807, 2.05) is 24.3 Å². The maximum atomic E-state index is 13.3. The Bertz CT molecular complexity index is 1720. The summed E-state index contributed by atoms with van der Waals surface area (Å²) in [5, 5.41) is 54.2. The van der Waals surface area contributed by atoms with Gasteiger partial charge in [0.15, 0.2) is 5.82 Å². The number of H-pyrrole nitrogens is 1. The lowest BCUT2D eigenvalue weighted by atomic mass is 9.69. The van der Waals surface area contributed by atoms with Crippen molar-refractivity contribution in [2.45, 2.75) is 88.5 Å². The number of tetrazole rings is 1. The summed E-state index contributed by atoms with van der Waals surface area (Å²) in [4.78, 5) is 41.4. The van der Waals surface area contributed by atoms with Crippen LogP contribution in [0, 0.1) is 17.2 Å². The van der Waals surface area contributed by atoms with Crippen LogP contribution in [0.5, 0.6) is 0 Å². The fourth-order valence-electron chi connectivity index (χ4n) is 7.40. The molecule has 3 atom stereocenters. The van der Waals surface area contributed by atoms with Gasteiger partial charge in [0.2, 0.25) is 5.91 Å². The molecule has 1 aliphatic heterocycles. The van der Waals surface area contributed by atoms with Crippen molar-refractivity contribution in [3.05, 3.63) is 75.6 Å². The van der Waals surface area contributed by atoms with Crippen LogP contribution in [-0.2, 0) is 23.1 Å². The number of hydrogen-bond acceptors (Lipinski definition) is 10. The standard InChI is InChI=1S/C36H45N9O5/c1-34(2,49)19-39-31(47)23-7-9-27-21(13-23)5-6-22-14-24(32(48)40-20-35(3,4)50)8-10-28(22)36(27,33-41-43-44-42-33)11-12-38-18-30(46)45-26(17-37)15-25-16-29(25)45/h7-10,13-14,25-26,29,38,49-50H,5-6,11-12,15-16,18-20H2,1-4H3,(H,39,47)(H,40,48)(H,41,42,43,44)/t25-,26?,29+/m1/s1. The van der Waals surface area contributed by atoms with Crippen LogP contribution in [0.15, 0.2) is 36.4 Å². The number of amides is 3. The molecule has 50 heavy (non-hydrogen) atoms. The number of piperidine rings is 1. The van der Waals surface area contributed by atoms with Crippen LogP contribution in [-0.4, -0.2) is 103 Å². The third-order valence-electron chi connectivity index (χ3n) is 9.93. The van der Waals surface area contributed by atoms with Gasteiger partial charge in [-0.15, -0.1) is 5.10 Å². The van der Waals surface area contributed by atoms with E-state index in [9.17, 15) is 29.9 Å². The number of aliphatic hydroxyl groups is 2. The maximum absolute atomic E-state index is 13.3. The third-order valence-corrected chi connectivity index (χ3v) is 9.93. The van der Waals surface area contributed by atoms with Crippen LogP contribution in [0.25, 0.3) is 0 Å². The van der Waals surface area contributed by atoms with E-state index in [2.05, 4.69) is 42.6 Å². The summed E-state index contributed by atoms with van der Waals surface area (Å²) >= 11 is 0. The number of aromatic nitrogens is 4. The number of fused-ring (bicyclic) bond motifs is 3. The summed E-state index contributed by atoms with van der Waals surface area (Å²) in [6.07, 6.45) is 3.20. The first-order valence-corrected chi connectivity index (χ1v) is 17.1. The summed E-state index contributed by atoms with van der Waals surface area (Å²) in [5.74, 6) is 0.171. The van der Waals surface area contributed by atoms with Gasteiger partial charge in [-0.25, -0.2) is 5.10 Å². The highest BCUT2D eigenvalue weighted by Gasteiger charge is 2.54. The van der Waals surface area contributed by atoms with E-state index < -0.39 is 16.6 Å². The van der Waals surface area contributed by atoms with Crippen LogP contribution in [0.3, 0.4) is 0 Å². The topological polar surface area (TPSA) is 209 Å². The highest BCUT2D eigenvalue weighted by atomic mass is 16.3. The molecular weight excluding hydrogens is 638 g/mol. The normalized spacial score (nSPS) is 20.5. The van der Waals surface area contributed by atoms with Gasteiger partial charge in [0, 0.05) is 30.3 Å². The molecule has 0 bridgehead atoms. The first-order chi connectivity index (χ1) is 23.7. The second-order valence-corrected chi connectivity index (χ2v) is 15.1. The minimum absolute atomic E-state index is 0.0759. The Morgan fingerprint density at radius 3 is 2.04 bits per heavy atom. The van der Waals surface area contributed by atoms with Crippen molar-refractivity contribution >= 4 is 17.7 Å². The average molecular weight is 684 g/mol. The Morgan fingerprint density at radius 2 is 1.54 bits per heavy atom. The Kier molecular flexibility index (Phi) is 9.51. The Labute approximate surface area is 291 Å². The SMILES string of the molecule is CC(C)(O)CNC(=O)c1ccc2c(c1)CCc1cc(C(=O)NCC(C)(C)O)ccc1C2(CCNCC(=O)N1C(C#N)C[C@@H]2C[C@@H]21)c1nnn[nH]1. The molecule has 3 aromatic rings. The molecule has 14 heteroatoms. The van der Waals surface area contributed by atoms with Crippen LogP contribution >= 0.6 is 0 Å². The lowest BCUT2D eigenvalue weighted by molar-refractivity contribution is -0.131. The van der Waals surface area contributed by atoms with Crippen LogP contribution in [0.2, 0.25) is 0 Å². The first kappa shape index (κ1) is 35.1. The molecule has 264 valence electrons. The largest absolute Gasteiger partial charge is 0.389 e. The Balaban J connectivity index is 1.35. The highest BCUT2D eigenvalue weighted by Crippen LogP contribution is 2.48. The third kappa shape index (κ3) is 7.26. The smallest absolute Gasteiger partial charge is 0.251 e. The molecule has 2 fully saturated rings. The number of carbonyl (C=O) groups excluding carboxylic acids is 3. The van der Waals surface area contributed by atoms with Gasteiger partial charge in [-0.1, -0.05) is 12.1 Å². The van der Waals surface area contributed by atoms with Gasteiger partial charge >= 0.3 is 0 Å². The molecule has 14 nitrogen and oxygen atoms in total. The zero-order valence-electron chi connectivity index (χ0n) is 28.9. The van der Waals surface area contributed by atoms with E-state index in [1.165, 1.54) is 0 Å². The molecule has 1 aromatic heterocycles. The number of nitrogens with one attached hydrogen (secondary N) is 4. The number of hydrogen-bond donors (Lipinski definition) is 6. The molecule has 2 heterocycles. The van der Waals surface area contributed by atoms with Crippen molar-refractivity contribution in [3.8, 4) is 6.07 Å². The van der Waals surface area contributed by atoms with Gasteiger partial charge in [0.05, 0.1) is 29.2 Å². The number of nitriles is 1. The molecule has 1 saturated carbocycles. The predicted molar refractivity (Wildman–Crippen MR) is 182 cm³/mol. The molecule has 1 unspecified atom stereocenters. The quantitative estimate of drug-likeness (QED) is 0.150. The zero-order valence-corrected chi connectivity index (χ0v) is 28.9. The minimum atomic E-state index is -1.08. The van der Waals surface area contributed by atoms with E-state index >= 15 is 0 Å². The van der Waals surface area contributed by atoms with Gasteiger partial charge in [-0.2, -0.15) is 5.26 Å². The summed E-state index contributed by atoms with van der Waals surface area (Å²) < 4.78 is 0. The van der Waals surface area contributed by atoms with Gasteiger partial charge in [-0.05, 0) is 129 Å². The maximum Gasteiger partial charge on any atom is 0.251 e. The summed E-state index contributed by atoms with van der Waals surface area (Å²) in [5.41, 5.74) is 1.32. The molecule has 6 N–H and O–H groups in total. The fourth-order valence-corrected chi connectivity index (χ4v) is 7.40. The molecular formula is C36H45N9O5. The van der Waals surface area contributed by atoms with Crippen LogP contribution < -0.4 is 16.0 Å². The Morgan fingerprint density at radius 1 is 0.960 bits per heavy atom. The molecule has 6 rings (SSSR count). The molecule has 1 saturated heterocycles. The van der Waals surface area contributed by atoms with Crippen molar-refractivity contribution in [2.75, 3.05) is 26.2 Å². The number of nitrogens with zero attached hydrogens (tertiary/aromatic N) is 5. The predicted octanol–water partition coefficient (Wildman–Crippen LogP) is 1.13. The van der Waals surface area contributed by atoms with Crippen molar-refractivity contribution in [2.24, 2.45) is 5.92 Å². The number of likely N-dealkylation sites (tertiary alicyclic amines) is 1. The van der Waals surface area contributed by atoms with Crippen molar-refractivity contribution in [1.82, 2.24) is 41.5 Å². The van der Waals surface area contributed by atoms with E-state index in [-0.39, 0.29) is 49.4 Å². The monoisotopic (exact) mass is 683 g/mol. The molecule has 2 aromatic carbocycles. The minimum Gasteiger partial charge on any atom is -0.389 e. The average Bonchev–Trinajstić information content (AvgIpc) is 3.45. The number of carbonyl (C=O) groups is 3. The Hall–Kier alpha value is -4.71. The van der Waals surface area contributed by atoms with Crippen LogP contribution in [0.4, 0.5) is 0 Å². The molecule has 2 aliphatic carbocycles. The summed E-state index contributed by atoms with van der Waals surface area (Å²) in [6, 6.07) is 13.1. The first-order valence-electron chi connectivity index (χ1n) is 17.1. The van der Waals surface area contributed by atoms with Gasteiger partial charge in [0.25, 0.3) is 11.8 Å². The lowest BCUT2D eigenvalue weighted by Crippen LogP contribution is -2.44. The second-order valence-electron chi connectivity index (χ2n) is 15.1. The lowest BCUT2D eigenvalue weighted by Gasteiger charge is -2.35. The van der Waals surface area contributed by atoms with Crippen molar-refractivity contribution in [3.63, 3.8) is 0 Å². The molecule has 0 radical (unpaired) electrons. The number of benzene rings is 2. The van der Waals surface area contributed by atoms with E-state index in [1.54, 1.807) is 44.7 Å². The number of aryl methyl sites for hydroxylation is 2. The fraction of sp³-hybridized carbons (Fsp3) is 0.528. The van der Waals surface area contributed by atoms with Gasteiger partial charge < -0.3 is 31.1 Å². The van der Waals surface area contributed by atoms with E-state index in [0.29, 0.717) is 48.7 Å². The molecule has 3 amide bonds. The number of aromatic amines is 1. The molecule has 3 aliphatic rings. The zero-order chi connectivity index (χ0) is 35.8. The summed E-state index contributed by atoms with van der Waals surface area (Å²) in [7, 11) is 0. The number of rotatable bonds is 12. The molecule has 0 spiro atoms. The summed E-state index contributed by atoms with van der Waals surface area (Å²) in [6.45, 7) is 7.11. The van der Waals surface area contributed by atoms with Gasteiger partial charge in [-0.3, -0.25) is 14.4 Å². The van der Waals surface area contributed by atoms with E-state index in [4.69, 9.17) is 0 Å². The van der Waals surface area contributed by atoms with Crippen molar-refractivity contribution in [1.29, 1.82) is 5.26 Å². The van der Waals surface area contributed by atoms with Gasteiger partial charge in [0.1, 0.15) is 6.04 Å². The van der Waals surface area contributed by atoms with Crippen LogP contribution in [0.1, 0.15) is 95.8 Å².